The van der Waals surface area contributed by atoms with Gasteiger partial charge >= 0.3 is 6.18 Å². The molecule has 0 heterocycles. The van der Waals surface area contributed by atoms with Gasteiger partial charge in [0.25, 0.3) is 0 Å². The van der Waals surface area contributed by atoms with Crippen LogP contribution in [0.15, 0.2) is 18.2 Å². The first kappa shape index (κ1) is 14.3. The lowest BCUT2D eigenvalue weighted by molar-refractivity contribution is -0.124. The van der Waals surface area contributed by atoms with Gasteiger partial charge in [0, 0.05) is 5.56 Å². The number of nitrogens with one attached hydrogen (secondary N) is 1. The molecule has 0 aliphatic rings. The summed E-state index contributed by atoms with van der Waals surface area (Å²) in [5.41, 5.74) is 0.105. The lowest BCUT2D eigenvalue weighted by atomic mass is 10.1. The minimum atomic E-state index is -4.35. The Labute approximate surface area is 106 Å². The number of carbonyl (C=O) groups excluding carboxylic acids is 1. The second-order valence-electron chi connectivity index (χ2n) is 3.24. The summed E-state index contributed by atoms with van der Waals surface area (Å²) in [4.78, 5) is 11.5. The molecule has 0 aliphatic heterocycles. The van der Waals surface area contributed by atoms with E-state index in [1.54, 1.807) is 0 Å². The van der Waals surface area contributed by atoms with Gasteiger partial charge in [-0.25, -0.2) is 0 Å². The molecule has 0 saturated heterocycles. The quantitative estimate of drug-likeness (QED) is 0.860. The number of carbonyl (C=O) groups is 1. The molecule has 0 saturated carbocycles. The van der Waals surface area contributed by atoms with Crippen LogP contribution in [0.5, 0.6) is 0 Å². The van der Waals surface area contributed by atoms with Gasteiger partial charge in [0.05, 0.1) is 23.1 Å². The van der Waals surface area contributed by atoms with Crippen LogP contribution >= 0.6 is 23.2 Å². The van der Waals surface area contributed by atoms with Crippen LogP contribution in [-0.4, -0.2) is 25.0 Å². The van der Waals surface area contributed by atoms with Crippen molar-refractivity contribution in [2.24, 2.45) is 0 Å². The summed E-state index contributed by atoms with van der Waals surface area (Å²) in [6.45, 7) is -1.67. The molecule has 0 unspecified atom stereocenters. The predicted octanol–water partition coefficient (Wildman–Crippen LogP) is 3.33. The van der Waals surface area contributed by atoms with Gasteiger partial charge in [0.15, 0.2) is 5.78 Å². The molecule has 2 nitrogen and oxygen atoms in total. The molecule has 0 aromatic heterocycles. The fraction of sp³-hybridized carbons (Fsp3) is 0.300. The maximum Gasteiger partial charge on any atom is 0.401 e. The SMILES string of the molecule is O=C(CNCC(F)(F)F)c1cccc(Cl)c1Cl. The number of alkyl halides is 3. The van der Waals surface area contributed by atoms with Crippen molar-refractivity contribution in [3.63, 3.8) is 0 Å². The second kappa shape index (κ2) is 5.71. The van der Waals surface area contributed by atoms with Crippen LogP contribution in [-0.2, 0) is 0 Å². The minimum absolute atomic E-state index is 0.0491. The summed E-state index contributed by atoms with van der Waals surface area (Å²) in [6, 6.07) is 4.40. The van der Waals surface area contributed by atoms with E-state index in [0.29, 0.717) is 0 Å². The molecule has 0 bridgehead atoms. The first-order chi connectivity index (χ1) is 7.81. The Morgan fingerprint density at radius 1 is 1.29 bits per heavy atom. The summed E-state index contributed by atoms with van der Waals surface area (Å²) in [5.74, 6) is -0.540. The highest BCUT2D eigenvalue weighted by Gasteiger charge is 2.26. The van der Waals surface area contributed by atoms with Gasteiger partial charge in [-0.15, -0.1) is 0 Å². The van der Waals surface area contributed by atoms with Crippen molar-refractivity contribution < 1.29 is 18.0 Å². The van der Waals surface area contributed by atoms with Crippen LogP contribution in [0.2, 0.25) is 10.0 Å². The first-order valence-electron chi connectivity index (χ1n) is 4.56. The van der Waals surface area contributed by atoms with Gasteiger partial charge < -0.3 is 5.32 Å². The maximum absolute atomic E-state index is 11.8. The van der Waals surface area contributed by atoms with Crippen molar-refractivity contribution in [1.82, 2.24) is 5.32 Å². The summed E-state index contributed by atoms with van der Waals surface area (Å²) in [6.07, 6.45) is -4.35. The number of rotatable bonds is 4. The van der Waals surface area contributed by atoms with Crippen LogP contribution in [0.4, 0.5) is 13.2 Å². The third-order valence-corrected chi connectivity index (χ3v) is 2.68. The van der Waals surface area contributed by atoms with Crippen LogP contribution in [0.25, 0.3) is 0 Å². The number of hydrogen-bond donors (Lipinski definition) is 1. The lowest BCUT2D eigenvalue weighted by Gasteiger charge is -2.08. The molecule has 7 heteroatoms. The molecule has 0 fully saturated rings. The third kappa shape index (κ3) is 4.53. The molecule has 1 aromatic rings. The molecule has 0 atom stereocenters. The van der Waals surface area contributed by atoms with E-state index in [1.165, 1.54) is 18.2 Å². The molecule has 0 amide bonds. The van der Waals surface area contributed by atoms with Crippen LogP contribution in [0.3, 0.4) is 0 Å². The molecule has 1 aromatic carbocycles. The highest BCUT2D eigenvalue weighted by Crippen LogP contribution is 2.25. The Morgan fingerprint density at radius 2 is 1.94 bits per heavy atom. The largest absolute Gasteiger partial charge is 0.401 e. The van der Waals surface area contributed by atoms with E-state index in [9.17, 15) is 18.0 Å². The zero-order valence-corrected chi connectivity index (χ0v) is 9.96. The van der Waals surface area contributed by atoms with Crippen molar-refractivity contribution in [3.8, 4) is 0 Å². The van der Waals surface area contributed by atoms with E-state index in [2.05, 4.69) is 0 Å². The average molecular weight is 286 g/mol. The highest BCUT2D eigenvalue weighted by atomic mass is 35.5. The molecule has 17 heavy (non-hydrogen) atoms. The van der Waals surface area contributed by atoms with Gasteiger partial charge in [-0.3, -0.25) is 4.79 Å². The van der Waals surface area contributed by atoms with E-state index >= 15 is 0 Å². The first-order valence-corrected chi connectivity index (χ1v) is 5.31. The Bertz CT molecular complexity index is 421. The molecule has 0 spiro atoms. The van der Waals surface area contributed by atoms with Gasteiger partial charge in [-0.1, -0.05) is 29.3 Å². The number of ketones is 1. The summed E-state index contributed by atoms with van der Waals surface area (Å²) in [5, 5.41) is 2.23. The Morgan fingerprint density at radius 3 is 2.53 bits per heavy atom. The molecule has 0 radical (unpaired) electrons. The smallest absolute Gasteiger partial charge is 0.302 e. The van der Waals surface area contributed by atoms with E-state index in [4.69, 9.17) is 23.2 Å². The van der Waals surface area contributed by atoms with Gasteiger partial charge in [0.2, 0.25) is 0 Å². The zero-order chi connectivity index (χ0) is 13.1. The molecule has 1 rings (SSSR count). The topological polar surface area (TPSA) is 29.1 Å². The average Bonchev–Trinajstić information content (AvgIpc) is 2.20. The number of benzene rings is 1. The fourth-order valence-corrected chi connectivity index (χ4v) is 1.54. The number of hydrogen-bond acceptors (Lipinski definition) is 2. The van der Waals surface area contributed by atoms with E-state index in [-0.39, 0.29) is 15.6 Å². The normalized spacial score (nSPS) is 11.6. The van der Waals surface area contributed by atoms with Crippen molar-refractivity contribution >= 4 is 29.0 Å². The minimum Gasteiger partial charge on any atom is -0.302 e. The van der Waals surface area contributed by atoms with Gasteiger partial charge in [-0.2, -0.15) is 13.2 Å². The Kier molecular flexibility index (Phi) is 4.80. The predicted molar refractivity (Wildman–Crippen MR) is 59.7 cm³/mol. The van der Waals surface area contributed by atoms with Crippen LogP contribution in [0.1, 0.15) is 10.4 Å². The molecule has 1 N–H and O–H groups in total. The standard InChI is InChI=1S/C10H8Cl2F3NO/c11-7-3-1-2-6(9(7)12)8(17)4-16-5-10(13,14)15/h1-3,16H,4-5H2. The summed E-state index contributed by atoms with van der Waals surface area (Å²) in [7, 11) is 0. The van der Waals surface area contributed by atoms with Gasteiger partial charge in [-0.05, 0) is 12.1 Å². The van der Waals surface area contributed by atoms with Crippen molar-refractivity contribution in [3.05, 3.63) is 33.8 Å². The Hall–Kier alpha value is -0.780. The Balaban J connectivity index is 2.62. The summed E-state index contributed by atoms with van der Waals surface area (Å²) < 4.78 is 35.5. The zero-order valence-electron chi connectivity index (χ0n) is 8.44. The van der Waals surface area contributed by atoms with Crippen LogP contribution < -0.4 is 5.32 Å². The number of halogens is 5. The molecular formula is C10H8Cl2F3NO. The van der Waals surface area contributed by atoms with Gasteiger partial charge in [0.1, 0.15) is 0 Å². The van der Waals surface area contributed by atoms with E-state index in [1.807, 2.05) is 5.32 Å². The number of Topliss-reactive ketones (excluding diaryl/α,β-unsaturated/α-hetero) is 1. The molecule has 94 valence electrons. The molecule has 0 aliphatic carbocycles. The highest BCUT2D eigenvalue weighted by molar-refractivity contribution is 6.43. The lowest BCUT2D eigenvalue weighted by Crippen LogP contribution is -2.32. The fourth-order valence-electron chi connectivity index (χ4n) is 1.13. The van der Waals surface area contributed by atoms with E-state index in [0.717, 1.165) is 0 Å². The van der Waals surface area contributed by atoms with Crippen molar-refractivity contribution in [2.45, 2.75) is 6.18 Å². The maximum atomic E-state index is 11.8. The molecular weight excluding hydrogens is 278 g/mol. The van der Waals surface area contributed by atoms with Crippen molar-refractivity contribution in [1.29, 1.82) is 0 Å². The monoisotopic (exact) mass is 285 g/mol. The van der Waals surface area contributed by atoms with E-state index < -0.39 is 25.0 Å². The summed E-state index contributed by atoms with van der Waals surface area (Å²) >= 11 is 11.4. The third-order valence-electron chi connectivity index (χ3n) is 1.86. The van der Waals surface area contributed by atoms with Crippen LogP contribution in [0, 0.1) is 0 Å². The second-order valence-corrected chi connectivity index (χ2v) is 4.03. The van der Waals surface area contributed by atoms with Crippen molar-refractivity contribution in [2.75, 3.05) is 13.1 Å².